The van der Waals surface area contributed by atoms with E-state index in [1.807, 2.05) is 0 Å². The summed E-state index contributed by atoms with van der Waals surface area (Å²) in [5.41, 5.74) is -1.61. The Hall–Kier alpha value is -1.85. The molecule has 0 spiro atoms. The van der Waals surface area contributed by atoms with E-state index >= 15 is 0 Å². The van der Waals surface area contributed by atoms with Gasteiger partial charge < -0.3 is 14.2 Å². The molecule has 0 atom stereocenters. The number of rotatable bonds is 15. The fourth-order valence-corrected chi connectivity index (χ4v) is 3.04. The van der Waals surface area contributed by atoms with Crippen LogP contribution in [-0.2, 0) is 28.6 Å². The SMILES string of the molecule is CCCCCCCCCCCCC(/C=C/C(=O)OC)(C(=O)OC)C(=O)OC. The number of carbonyl (C=O) groups excluding carboxylic acids is 3. The molecule has 0 amide bonds. The first-order valence-corrected chi connectivity index (χ1v) is 9.92. The second-order valence-corrected chi connectivity index (χ2v) is 6.74. The Labute approximate surface area is 163 Å². The number of unbranched alkanes of at least 4 members (excludes halogenated alkanes) is 9. The number of hydrogen-bond donors (Lipinski definition) is 0. The van der Waals surface area contributed by atoms with Crippen LogP contribution in [0.5, 0.6) is 0 Å². The molecule has 0 bridgehead atoms. The van der Waals surface area contributed by atoms with E-state index in [0.717, 1.165) is 25.3 Å². The van der Waals surface area contributed by atoms with Crippen LogP contribution >= 0.6 is 0 Å². The monoisotopic (exact) mass is 384 g/mol. The van der Waals surface area contributed by atoms with Gasteiger partial charge in [-0.05, 0) is 12.5 Å². The van der Waals surface area contributed by atoms with Crippen LogP contribution in [0, 0.1) is 5.41 Å². The molecule has 0 aromatic heterocycles. The molecular weight excluding hydrogens is 348 g/mol. The number of esters is 3. The average Bonchev–Trinajstić information content (AvgIpc) is 2.70. The quantitative estimate of drug-likeness (QED) is 0.137. The fourth-order valence-electron chi connectivity index (χ4n) is 3.04. The molecule has 6 heteroatoms. The molecule has 0 N–H and O–H groups in total. The summed E-state index contributed by atoms with van der Waals surface area (Å²) in [6.07, 6.45) is 13.9. The highest BCUT2D eigenvalue weighted by Crippen LogP contribution is 2.31. The van der Waals surface area contributed by atoms with Crippen molar-refractivity contribution in [1.82, 2.24) is 0 Å². The zero-order valence-corrected chi connectivity index (χ0v) is 17.4. The topological polar surface area (TPSA) is 78.9 Å². The van der Waals surface area contributed by atoms with Crippen LogP contribution in [0.3, 0.4) is 0 Å². The lowest BCUT2D eigenvalue weighted by atomic mass is 9.81. The molecule has 156 valence electrons. The predicted molar refractivity (Wildman–Crippen MR) is 104 cm³/mol. The van der Waals surface area contributed by atoms with Crippen molar-refractivity contribution >= 4 is 17.9 Å². The third-order valence-corrected chi connectivity index (χ3v) is 4.73. The molecule has 0 aliphatic carbocycles. The summed E-state index contributed by atoms with van der Waals surface area (Å²) in [6, 6.07) is 0. The first kappa shape index (κ1) is 25.1. The van der Waals surface area contributed by atoms with E-state index in [2.05, 4.69) is 11.7 Å². The smallest absolute Gasteiger partial charge is 0.330 e. The van der Waals surface area contributed by atoms with Gasteiger partial charge in [-0.15, -0.1) is 0 Å². The Bertz CT molecular complexity index is 453. The van der Waals surface area contributed by atoms with Gasteiger partial charge in [-0.25, -0.2) is 4.79 Å². The van der Waals surface area contributed by atoms with Crippen LogP contribution in [0.4, 0.5) is 0 Å². The minimum absolute atomic E-state index is 0.232. The average molecular weight is 385 g/mol. The number of ether oxygens (including phenoxy) is 3. The molecule has 0 unspecified atom stereocenters. The summed E-state index contributed by atoms with van der Waals surface area (Å²) in [4.78, 5) is 36.0. The third-order valence-electron chi connectivity index (χ3n) is 4.73. The van der Waals surface area contributed by atoms with Crippen molar-refractivity contribution in [2.75, 3.05) is 21.3 Å². The Morgan fingerprint density at radius 1 is 0.704 bits per heavy atom. The molecule has 0 fully saturated rings. The summed E-state index contributed by atoms with van der Waals surface area (Å²) in [7, 11) is 3.65. The van der Waals surface area contributed by atoms with Gasteiger partial charge in [-0.2, -0.15) is 0 Å². The summed E-state index contributed by atoms with van der Waals surface area (Å²) >= 11 is 0. The fraction of sp³-hybridized carbons (Fsp3) is 0.762. The number of carbonyl (C=O) groups is 3. The maximum absolute atomic E-state index is 12.3. The summed E-state index contributed by atoms with van der Waals surface area (Å²) < 4.78 is 14.2. The van der Waals surface area contributed by atoms with Gasteiger partial charge in [0, 0.05) is 6.08 Å². The number of hydrogen-bond acceptors (Lipinski definition) is 6. The van der Waals surface area contributed by atoms with Gasteiger partial charge in [-0.3, -0.25) is 9.59 Å². The minimum Gasteiger partial charge on any atom is -0.468 e. The van der Waals surface area contributed by atoms with Crippen LogP contribution in [0.25, 0.3) is 0 Å². The van der Waals surface area contributed by atoms with Crippen LogP contribution in [-0.4, -0.2) is 39.2 Å². The largest absolute Gasteiger partial charge is 0.468 e. The van der Waals surface area contributed by atoms with Gasteiger partial charge in [0.25, 0.3) is 0 Å². The van der Waals surface area contributed by atoms with E-state index in [-0.39, 0.29) is 6.42 Å². The van der Waals surface area contributed by atoms with Crippen LogP contribution < -0.4 is 0 Å². The summed E-state index contributed by atoms with van der Waals surface area (Å²) in [5.74, 6) is -2.11. The zero-order valence-electron chi connectivity index (χ0n) is 17.4. The second-order valence-electron chi connectivity index (χ2n) is 6.74. The zero-order chi connectivity index (χ0) is 20.5. The molecule has 0 heterocycles. The molecular formula is C21H36O6. The molecule has 0 saturated heterocycles. The van der Waals surface area contributed by atoms with Crippen molar-refractivity contribution in [3.63, 3.8) is 0 Å². The second kappa shape index (κ2) is 15.2. The Kier molecular flexibility index (Phi) is 14.2. The van der Waals surface area contributed by atoms with Crippen molar-refractivity contribution in [1.29, 1.82) is 0 Å². The molecule has 0 rings (SSSR count). The molecule has 27 heavy (non-hydrogen) atoms. The van der Waals surface area contributed by atoms with Gasteiger partial charge in [0.05, 0.1) is 21.3 Å². The standard InChI is InChI=1S/C21H36O6/c1-5-6-7-8-9-10-11-12-13-14-16-21(19(23)26-3,20(24)27-4)17-15-18(22)25-2/h15,17H,5-14,16H2,1-4H3/b17-15+. The lowest BCUT2D eigenvalue weighted by Crippen LogP contribution is -2.39. The predicted octanol–water partition coefficient (Wildman–Crippen LogP) is 4.36. The molecule has 0 aromatic carbocycles. The van der Waals surface area contributed by atoms with Gasteiger partial charge in [0.15, 0.2) is 5.41 Å². The molecule has 6 nitrogen and oxygen atoms in total. The molecule has 0 aromatic rings. The van der Waals surface area contributed by atoms with Crippen molar-refractivity contribution < 1.29 is 28.6 Å². The van der Waals surface area contributed by atoms with E-state index in [0.29, 0.717) is 6.42 Å². The maximum Gasteiger partial charge on any atom is 0.330 e. The lowest BCUT2D eigenvalue weighted by molar-refractivity contribution is -0.165. The van der Waals surface area contributed by atoms with Gasteiger partial charge >= 0.3 is 17.9 Å². The Morgan fingerprint density at radius 2 is 1.15 bits per heavy atom. The van der Waals surface area contributed by atoms with Crippen molar-refractivity contribution in [3.05, 3.63) is 12.2 Å². The first-order chi connectivity index (χ1) is 13.0. The van der Waals surface area contributed by atoms with Crippen molar-refractivity contribution in [3.8, 4) is 0 Å². The van der Waals surface area contributed by atoms with Gasteiger partial charge in [0.1, 0.15) is 0 Å². The van der Waals surface area contributed by atoms with E-state index in [1.165, 1.54) is 65.9 Å². The van der Waals surface area contributed by atoms with Gasteiger partial charge in [-0.1, -0.05) is 71.1 Å². The van der Waals surface area contributed by atoms with Gasteiger partial charge in [0.2, 0.25) is 0 Å². The maximum atomic E-state index is 12.3. The van der Waals surface area contributed by atoms with Crippen molar-refractivity contribution in [2.45, 2.75) is 77.6 Å². The molecule has 0 saturated carbocycles. The molecule has 0 aliphatic rings. The van der Waals surface area contributed by atoms with Crippen LogP contribution in [0.1, 0.15) is 77.6 Å². The van der Waals surface area contributed by atoms with E-state index in [9.17, 15) is 14.4 Å². The minimum atomic E-state index is -1.61. The Morgan fingerprint density at radius 3 is 1.56 bits per heavy atom. The lowest BCUT2D eigenvalue weighted by Gasteiger charge is -2.24. The normalized spacial score (nSPS) is 11.4. The van der Waals surface area contributed by atoms with E-state index in [1.54, 1.807) is 0 Å². The highest BCUT2D eigenvalue weighted by molar-refractivity contribution is 6.03. The van der Waals surface area contributed by atoms with Crippen LogP contribution in [0.2, 0.25) is 0 Å². The Balaban J connectivity index is 4.60. The van der Waals surface area contributed by atoms with E-state index in [4.69, 9.17) is 9.47 Å². The summed E-state index contributed by atoms with van der Waals surface area (Å²) in [6.45, 7) is 2.21. The highest BCUT2D eigenvalue weighted by Gasteiger charge is 2.45. The van der Waals surface area contributed by atoms with E-state index < -0.39 is 23.3 Å². The third kappa shape index (κ3) is 9.59. The van der Waals surface area contributed by atoms with Crippen molar-refractivity contribution in [2.24, 2.45) is 5.41 Å². The summed E-state index contributed by atoms with van der Waals surface area (Å²) in [5, 5.41) is 0. The molecule has 0 radical (unpaired) electrons. The molecule has 0 aliphatic heterocycles. The number of methoxy groups -OCH3 is 3. The highest BCUT2D eigenvalue weighted by atomic mass is 16.5. The van der Waals surface area contributed by atoms with Crippen LogP contribution in [0.15, 0.2) is 12.2 Å². The first-order valence-electron chi connectivity index (χ1n) is 9.92.